The van der Waals surface area contributed by atoms with Crippen molar-refractivity contribution in [2.75, 3.05) is 19.0 Å². The second kappa shape index (κ2) is 13.3. The second-order valence-electron chi connectivity index (χ2n) is 11.4. The van der Waals surface area contributed by atoms with Crippen LogP contribution in [0.5, 0.6) is 5.75 Å². The predicted molar refractivity (Wildman–Crippen MR) is 177 cm³/mol. The number of aromatic nitrogens is 4. The topological polar surface area (TPSA) is 141 Å². The average Bonchev–Trinajstić information content (AvgIpc) is 3.70. The molecule has 2 aromatic heterocycles. The third kappa shape index (κ3) is 5.69. The van der Waals surface area contributed by atoms with E-state index in [9.17, 15) is 15.0 Å². The van der Waals surface area contributed by atoms with Gasteiger partial charge in [0.15, 0.2) is 23.2 Å². The number of carbonyl (C=O) groups is 1. The molecule has 3 N–H and O–H groups in total. The summed E-state index contributed by atoms with van der Waals surface area (Å²) in [6, 6.07) is 36.0. The molecule has 3 heterocycles. The van der Waals surface area contributed by atoms with Crippen LogP contribution in [0.4, 0.5) is 5.82 Å². The van der Waals surface area contributed by atoms with Crippen molar-refractivity contribution in [2.45, 2.75) is 30.1 Å². The molecule has 242 valence electrons. The standard InChI is InChI=1S/C37H33N5O6/c1-46-28-19-17-27(18-20-28)37(25-13-7-3-8-14-25,26-15-9-4-10-16-26)47-21-29-31(43)32(44)36(48-29)42-23-40-30-33(38-22-39-34(30)42)41-35(45)24-11-5-2-6-12-24/h2-20,22-23,29,31-32,36,43-44H,21H2,1H3,(H,38,39,41,45)/t29-,31?,32?,36-/m1/s1. The number of aliphatic hydroxyl groups is 2. The van der Waals surface area contributed by atoms with Crippen LogP contribution in [-0.2, 0) is 15.1 Å². The number of imidazole rings is 1. The van der Waals surface area contributed by atoms with Gasteiger partial charge in [-0.2, -0.15) is 0 Å². The van der Waals surface area contributed by atoms with Gasteiger partial charge in [0.2, 0.25) is 0 Å². The number of amides is 1. The number of carbonyl (C=O) groups excluding carboxylic acids is 1. The summed E-state index contributed by atoms with van der Waals surface area (Å²) in [5.41, 5.74) is 2.56. The Balaban J connectivity index is 1.19. The van der Waals surface area contributed by atoms with Crippen molar-refractivity contribution >= 4 is 22.9 Å². The lowest BCUT2D eigenvalue weighted by Crippen LogP contribution is -2.39. The van der Waals surface area contributed by atoms with Crippen molar-refractivity contribution in [2.24, 2.45) is 0 Å². The Morgan fingerprint density at radius 1 is 0.812 bits per heavy atom. The molecule has 7 rings (SSSR count). The molecule has 0 spiro atoms. The lowest BCUT2D eigenvalue weighted by molar-refractivity contribution is -0.0942. The lowest BCUT2D eigenvalue weighted by atomic mass is 9.80. The van der Waals surface area contributed by atoms with E-state index in [2.05, 4.69) is 20.3 Å². The third-order valence-electron chi connectivity index (χ3n) is 8.56. The number of anilines is 1. The molecule has 4 atom stereocenters. The number of benzene rings is 4. The summed E-state index contributed by atoms with van der Waals surface area (Å²) in [6.07, 6.45) is -1.87. The van der Waals surface area contributed by atoms with E-state index in [4.69, 9.17) is 14.2 Å². The van der Waals surface area contributed by atoms with Gasteiger partial charge in [-0.1, -0.05) is 91.0 Å². The highest BCUT2D eigenvalue weighted by atomic mass is 16.6. The van der Waals surface area contributed by atoms with Crippen LogP contribution in [0, 0.1) is 0 Å². The maximum atomic E-state index is 12.8. The van der Waals surface area contributed by atoms with E-state index in [1.54, 1.807) is 31.4 Å². The van der Waals surface area contributed by atoms with E-state index in [1.165, 1.54) is 17.2 Å². The molecular weight excluding hydrogens is 610 g/mol. The molecule has 1 aliphatic heterocycles. The molecular formula is C37H33N5O6. The number of hydrogen-bond donors (Lipinski definition) is 3. The number of nitrogens with zero attached hydrogens (tertiary/aromatic N) is 4. The van der Waals surface area contributed by atoms with Gasteiger partial charge in [0.05, 0.1) is 20.0 Å². The average molecular weight is 644 g/mol. The van der Waals surface area contributed by atoms with Gasteiger partial charge in [0.1, 0.15) is 36.0 Å². The molecule has 1 saturated heterocycles. The van der Waals surface area contributed by atoms with Crippen molar-refractivity contribution in [3.05, 3.63) is 150 Å². The molecule has 11 heteroatoms. The SMILES string of the molecule is COc1ccc(C(OC[C@H]2O[C@@H](n3cnc4c(NC(=O)c5ccccc5)ncnc43)C(O)C2O)(c2ccccc2)c2ccccc2)cc1. The van der Waals surface area contributed by atoms with E-state index >= 15 is 0 Å². The van der Waals surface area contributed by atoms with Crippen LogP contribution in [0.1, 0.15) is 33.3 Å². The summed E-state index contributed by atoms with van der Waals surface area (Å²) in [5.74, 6) is 0.552. The van der Waals surface area contributed by atoms with Crippen molar-refractivity contribution in [1.82, 2.24) is 19.5 Å². The van der Waals surface area contributed by atoms with Gasteiger partial charge < -0.3 is 29.7 Å². The van der Waals surface area contributed by atoms with E-state index < -0.39 is 30.1 Å². The van der Waals surface area contributed by atoms with Crippen LogP contribution in [-0.4, -0.2) is 67.7 Å². The Morgan fingerprint density at radius 2 is 1.42 bits per heavy atom. The fraction of sp³-hybridized carbons (Fsp3) is 0.189. The number of rotatable bonds is 10. The molecule has 48 heavy (non-hydrogen) atoms. The summed E-state index contributed by atoms with van der Waals surface area (Å²) in [7, 11) is 1.62. The zero-order valence-corrected chi connectivity index (χ0v) is 26.0. The number of nitrogens with one attached hydrogen (secondary N) is 1. The first-order valence-corrected chi connectivity index (χ1v) is 15.4. The largest absolute Gasteiger partial charge is 0.497 e. The van der Waals surface area contributed by atoms with Crippen LogP contribution in [0.3, 0.4) is 0 Å². The van der Waals surface area contributed by atoms with Gasteiger partial charge >= 0.3 is 0 Å². The summed E-state index contributed by atoms with van der Waals surface area (Å²) < 4.78 is 20.1. The van der Waals surface area contributed by atoms with Gasteiger partial charge in [0.25, 0.3) is 5.91 Å². The minimum atomic E-state index is -1.34. The summed E-state index contributed by atoms with van der Waals surface area (Å²) in [5, 5.41) is 25.3. The van der Waals surface area contributed by atoms with E-state index in [0.29, 0.717) is 22.5 Å². The van der Waals surface area contributed by atoms with Gasteiger partial charge in [-0.15, -0.1) is 0 Å². The summed E-state index contributed by atoms with van der Waals surface area (Å²) in [4.78, 5) is 25.8. The van der Waals surface area contributed by atoms with Gasteiger partial charge in [-0.25, -0.2) is 15.0 Å². The van der Waals surface area contributed by atoms with E-state index in [-0.39, 0.29) is 18.3 Å². The van der Waals surface area contributed by atoms with Gasteiger partial charge in [-0.05, 0) is 41.0 Å². The Morgan fingerprint density at radius 3 is 2.04 bits per heavy atom. The number of methoxy groups -OCH3 is 1. The molecule has 0 saturated carbocycles. The van der Waals surface area contributed by atoms with Crippen molar-refractivity contribution in [3.63, 3.8) is 0 Å². The molecule has 11 nitrogen and oxygen atoms in total. The van der Waals surface area contributed by atoms with Crippen LogP contribution in [0.2, 0.25) is 0 Å². The first-order valence-electron chi connectivity index (χ1n) is 15.4. The quantitative estimate of drug-likeness (QED) is 0.181. The summed E-state index contributed by atoms with van der Waals surface area (Å²) in [6.45, 7) is -0.0788. The zero-order chi connectivity index (χ0) is 33.1. The maximum Gasteiger partial charge on any atom is 0.256 e. The molecule has 1 amide bonds. The van der Waals surface area contributed by atoms with Crippen LogP contribution >= 0.6 is 0 Å². The number of aliphatic hydroxyl groups excluding tert-OH is 2. The van der Waals surface area contributed by atoms with E-state index in [1.807, 2.05) is 91.0 Å². The lowest BCUT2D eigenvalue weighted by Gasteiger charge is -2.37. The minimum absolute atomic E-state index is 0.0788. The Kier molecular flexibility index (Phi) is 8.66. The number of hydrogen-bond acceptors (Lipinski definition) is 9. The molecule has 6 aromatic rings. The highest BCUT2D eigenvalue weighted by molar-refractivity contribution is 6.06. The zero-order valence-electron chi connectivity index (χ0n) is 26.0. The molecule has 0 bridgehead atoms. The summed E-state index contributed by atoms with van der Waals surface area (Å²) >= 11 is 0. The van der Waals surface area contributed by atoms with Crippen LogP contribution in [0.15, 0.2) is 128 Å². The third-order valence-corrected chi connectivity index (χ3v) is 8.56. The monoisotopic (exact) mass is 643 g/mol. The highest BCUT2D eigenvalue weighted by Gasteiger charge is 2.47. The number of fused-ring (bicyclic) bond motifs is 1. The van der Waals surface area contributed by atoms with E-state index in [0.717, 1.165) is 16.7 Å². The molecule has 2 unspecified atom stereocenters. The molecule has 0 radical (unpaired) electrons. The normalized spacial score (nSPS) is 19.3. The smallest absolute Gasteiger partial charge is 0.256 e. The highest BCUT2D eigenvalue weighted by Crippen LogP contribution is 2.42. The first-order chi connectivity index (χ1) is 23.5. The fourth-order valence-corrected chi connectivity index (χ4v) is 6.12. The van der Waals surface area contributed by atoms with Crippen molar-refractivity contribution in [3.8, 4) is 5.75 Å². The first kappa shape index (κ1) is 31.2. The fourth-order valence-electron chi connectivity index (χ4n) is 6.12. The molecule has 4 aromatic carbocycles. The molecule has 1 fully saturated rings. The molecule has 0 aliphatic carbocycles. The number of ether oxygens (including phenoxy) is 3. The van der Waals surface area contributed by atoms with Gasteiger partial charge in [-0.3, -0.25) is 9.36 Å². The Labute approximate surface area is 276 Å². The van der Waals surface area contributed by atoms with Crippen LogP contribution in [0.25, 0.3) is 11.2 Å². The van der Waals surface area contributed by atoms with Crippen LogP contribution < -0.4 is 10.1 Å². The van der Waals surface area contributed by atoms with Crippen molar-refractivity contribution < 1.29 is 29.2 Å². The minimum Gasteiger partial charge on any atom is -0.497 e. The predicted octanol–water partition coefficient (Wildman–Crippen LogP) is 4.72. The molecule has 1 aliphatic rings. The Bertz CT molecular complexity index is 1950. The maximum absolute atomic E-state index is 12.8. The Hall–Kier alpha value is -5.46. The second-order valence-corrected chi connectivity index (χ2v) is 11.4. The van der Waals surface area contributed by atoms with Gasteiger partial charge in [0, 0.05) is 5.56 Å². The van der Waals surface area contributed by atoms with Crippen molar-refractivity contribution in [1.29, 1.82) is 0 Å².